The van der Waals surface area contributed by atoms with Crippen molar-refractivity contribution in [2.45, 2.75) is 89.5 Å². The Morgan fingerprint density at radius 2 is 0.836 bits per heavy atom. The first-order valence-corrected chi connectivity index (χ1v) is 24.7. The quantitative estimate of drug-likeness (QED) is 0.0603. The molecule has 0 aliphatic rings. The van der Waals surface area contributed by atoms with Crippen molar-refractivity contribution in [2.24, 2.45) is 0 Å². The van der Waals surface area contributed by atoms with Crippen molar-refractivity contribution in [2.75, 3.05) is 42.0 Å². The first kappa shape index (κ1) is 51.9. The molecule has 0 spiro atoms. The van der Waals surface area contributed by atoms with Crippen LogP contribution in [0.3, 0.4) is 0 Å². The lowest BCUT2D eigenvalue weighted by Crippen LogP contribution is -2.30. The van der Waals surface area contributed by atoms with Crippen LogP contribution >= 0.6 is 0 Å². The van der Waals surface area contributed by atoms with E-state index in [1.54, 1.807) is 63.5 Å². The van der Waals surface area contributed by atoms with Crippen LogP contribution in [-0.2, 0) is 52.8 Å². The number of aromatic nitrogens is 4. The summed E-state index contributed by atoms with van der Waals surface area (Å²) in [6.07, 6.45) is 0.614. The zero-order valence-electron chi connectivity index (χ0n) is 40.0. The maximum Gasteiger partial charge on any atom is 0.263 e. The molecule has 0 amide bonds. The molecule has 2 heterocycles. The van der Waals surface area contributed by atoms with E-state index >= 15 is 0 Å². The molecule has 0 saturated heterocycles. The van der Waals surface area contributed by atoms with Gasteiger partial charge in [-0.2, -0.15) is 18.8 Å². The smallest absolute Gasteiger partial charge is 0.263 e. The number of hydrogen-bond acceptors (Lipinski definition) is 12. The molecule has 0 atom stereocenters. The van der Waals surface area contributed by atoms with E-state index in [9.17, 15) is 21.6 Å². The monoisotopic (exact) mass is 957 g/mol. The van der Waals surface area contributed by atoms with E-state index in [0.717, 1.165) is 46.0 Å². The van der Waals surface area contributed by atoms with E-state index in [1.807, 2.05) is 108 Å². The number of rotatable bonds is 22. The molecule has 18 heteroatoms. The van der Waals surface area contributed by atoms with Crippen molar-refractivity contribution in [1.29, 1.82) is 0 Å². The van der Waals surface area contributed by atoms with Gasteiger partial charge in [0.25, 0.3) is 20.0 Å². The fourth-order valence-electron chi connectivity index (χ4n) is 6.96. The Morgan fingerprint density at radius 3 is 1.10 bits per heavy atom. The molecule has 4 aromatic carbocycles. The van der Waals surface area contributed by atoms with Crippen LogP contribution in [0.1, 0.15) is 85.1 Å². The molecule has 0 bridgehead atoms. The first-order valence-electron chi connectivity index (χ1n) is 21.8. The second-order valence-corrected chi connectivity index (χ2v) is 20.1. The Morgan fingerprint density at radius 1 is 0.522 bits per heavy atom. The maximum absolute atomic E-state index is 13.9. The number of sulfonamides is 2. The number of carbonyl (C=O) groups excluding carboxylic acids is 1. The predicted octanol–water partition coefficient (Wildman–Crippen LogP) is 8.01. The van der Waals surface area contributed by atoms with E-state index in [4.69, 9.17) is 18.9 Å². The third-order valence-corrected chi connectivity index (χ3v) is 14.2. The lowest BCUT2D eigenvalue weighted by molar-refractivity contribution is 0.111. The summed E-state index contributed by atoms with van der Waals surface area (Å²) < 4.78 is 81.9. The number of hydrogen-bond donors (Lipinski definition) is 0. The molecule has 2 aromatic heterocycles. The Hall–Kier alpha value is -6.05. The average molecular weight is 958 g/mol. The van der Waals surface area contributed by atoms with E-state index in [2.05, 4.69) is 22.0 Å². The first-order chi connectivity index (χ1) is 31.9. The molecule has 6 aromatic rings. The molecular formula is C49H63N7O9S2. The van der Waals surface area contributed by atoms with Gasteiger partial charge in [-0.15, -0.1) is 0 Å². The Balaban J connectivity index is 0.000000252. The van der Waals surface area contributed by atoms with Crippen LogP contribution in [0.25, 0.3) is 0 Å². The highest BCUT2D eigenvalue weighted by Gasteiger charge is 2.31. The molecule has 0 aliphatic carbocycles. The van der Waals surface area contributed by atoms with Gasteiger partial charge in [0.05, 0.1) is 34.1 Å². The van der Waals surface area contributed by atoms with Gasteiger partial charge in [-0.3, -0.25) is 14.2 Å². The number of methoxy groups -OCH3 is 4. The van der Waals surface area contributed by atoms with Gasteiger partial charge < -0.3 is 23.8 Å². The minimum Gasteiger partial charge on any atom is -0.497 e. The largest absolute Gasteiger partial charge is 0.497 e. The molecular weight excluding hydrogens is 895 g/mol. The lowest BCUT2D eigenvalue weighted by Gasteiger charge is -2.22. The molecule has 16 nitrogen and oxygen atoms in total. The van der Waals surface area contributed by atoms with Crippen molar-refractivity contribution in [3.8, 4) is 23.0 Å². The van der Waals surface area contributed by atoms with Crippen molar-refractivity contribution >= 4 is 26.3 Å². The summed E-state index contributed by atoms with van der Waals surface area (Å²) in [6.45, 7) is 11.9. The number of benzene rings is 4. The van der Waals surface area contributed by atoms with Gasteiger partial charge >= 0.3 is 0 Å². The van der Waals surface area contributed by atoms with Gasteiger partial charge in [0, 0.05) is 56.9 Å². The fourth-order valence-corrected chi connectivity index (χ4v) is 9.70. The normalized spacial score (nSPS) is 11.9. The summed E-state index contributed by atoms with van der Waals surface area (Å²) in [7, 11) is 0.485. The average Bonchev–Trinajstić information content (AvgIpc) is 3.99. The highest BCUT2D eigenvalue weighted by Crippen LogP contribution is 2.27. The van der Waals surface area contributed by atoms with Gasteiger partial charge in [0.15, 0.2) is 16.3 Å². The molecule has 6 rings (SSSR count). The Labute approximate surface area is 395 Å². The van der Waals surface area contributed by atoms with Gasteiger partial charge in [0.1, 0.15) is 28.7 Å². The zero-order chi connectivity index (χ0) is 48.9. The van der Waals surface area contributed by atoms with E-state index < -0.39 is 20.0 Å². The maximum atomic E-state index is 13.9. The highest BCUT2D eigenvalue weighted by molar-refractivity contribution is 7.89. The molecule has 0 fully saturated rings. The van der Waals surface area contributed by atoms with Crippen molar-refractivity contribution in [1.82, 2.24) is 33.1 Å². The number of carbonyl (C=O) groups is 1. The molecule has 360 valence electrons. The third kappa shape index (κ3) is 13.5. The third-order valence-electron chi connectivity index (χ3n) is 10.9. The Kier molecular flexibility index (Phi) is 18.3. The summed E-state index contributed by atoms with van der Waals surface area (Å²) in [4.78, 5) is 13.6. The molecule has 0 aliphatic heterocycles. The Bertz CT molecular complexity index is 2620. The van der Waals surface area contributed by atoms with E-state index in [1.165, 1.54) is 19.4 Å². The molecule has 67 heavy (non-hydrogen) atoms. The van der Waals surface area contributed by atoms with Gasteiger partial charge in [-0.1, -0.05) is 55.5 Å². The van der Waals surface area contributed by atoms with Crippen LogP contribution in [0.5, 0.6) is 23.0 Å². The standard InChI is InChI=1S/C26H36N4O4S.C23H27N3O5S/c1-7-28(4)19-23-16-26(27-30(23)20(2)3)35(31,32)29(17-21-8-12-24(33-5)13-9-21)18-22-10-14-25(34-6)15-11-22;1-17(2)26-20(16-27)13-23(24-26)32(28,29)25(14-18-5-9-21(30-3)10-6-18)15-19-7-11-22(31-4)12-8-19/h8-16,20H,7,17-19H2,1-6H3;5-13,16-17H,14-15H2,1-4H3. The van der Waals surface area contributed by atoms with Crippen molar-refractivity contribution in [3.05, 3.63) is 143 Å². The second kappa shape index (κ2) is 23.6. The zero-order valence-corrected chi connectivity index (χ0v) is 41.6. The summed E-state index contributed by atoms with van der Waals surface area (Å²) in [6, 6.07) is 32.2. The minimum absolute atomic E-state index is 0.0378. The molecule has 0 N–H and O–H groups in total. The van der Waals surface area contributed by atoms with Crippen molar-refractivity contribution < 1.29 is 40.6 Å². The number of ether oxygens (including phenoxy) is 4. The lowest BCUT2D eigenvalue weighted by atomic mass is 10.2. The second-order valence-electron chi connectivity index (χ2n) is 16.3. The van der Waals surface area contributed by atoms with E-state index in [-0.39, 0.29) is 54.0 Å². The predicted molar refractivity (Wildman–Crippen MR) is 257 cm³/mol. The molecule has 0 unspecified atom stereocenters. The van der Waals surface area contributed by atoms with Crippen molar-refractivity contribution in [3.63, 3.8) is 0 Å². The van der Waals surface area contributed by atoms with Crippen LogP contribution in [0.4, 0.5) is 0 Å². The van der Waals surface area contributed by atoms with Crippen LogP contribution in [0, 0.1) is 0 Å². The fraction of sp³-hybridized carbons (Fsp3) is 0.367. The van der Waals surface area contributed by atoms with Crippen LogP contribution in [0.15, 0.2) is 119 Å². The molecule has 0 saturated carbocycles. The topological polar surface area (TPSA) is 168 Å². The molecule has 0 radical (unpaired) electrons. The highest BCUT2D eigenvalue weighted by atomic mass is 32.2. The summed E-state index contributed by atoms with van der Waals surface area (Å²) in [5, 5.41) is 8.68. The van der Waals surface area contributed by atoms with Crippen LogP contribution < -0.4 is 18.9 Å². The summed E-state index contributed by atoms with van der Waals surface area (Å²) in [5.41, 5.74) is 4.39. The van der Waals surface area contributed by atoms with Gasteiger partial charge in [-0.05, 0) is 112 Å². The number of nitrogens with zero attached hydrogens (tertiary/aromatic N) is 7. The summed E-state index contributed by atoms with van der Waals surface area (Å²) in [5.74, 6) is 2.81. The SMILES string of the molecule is CCN(C)Cc1cc(S(=O)(=O)N(Cc2ccc(OC)cc2)Cc2ccc(OC)cc2)nn1C(C)C.COc1ccc(CN(Cc2ccc(OC)cc2)S(=O)(=O)c2cc(C=O)n(C(C)C)n2)cc1. The van der Waals surface area contributed by atoms with Crippen LogP contribution in [-0.4, -0.2) is 98.2 Å². The minimum atomic E-state index is -3.99. The van der Waals surface area contributed by atoms with Gasteiger partial charge in [-0.25, -0.2) is 16.8 Å². The number of aldehydes is 1. The summed E-state index contributed by atoms with van der Waals surface area (Å²) >= 11 is 0. The van der Waals surface area contributed by atoms with E-state index in [0.29, 0.717) is 24.3 Å². The van der Waals surface area contributed by atoms with Crippen LogP contribution in [0.2, 0.25) is 0 Å². The van der Waals surface area contributed by atoms with Gasteiger partial charge in [0.2, 0.25) is 0 Å².